The molecule has 0 radical (unpaired) electrons. The van der Waals surface area contributed by atoms with Crippen LogP contribution in [0.2, 0.25) is 0 Å². The molecule has 1 aromatic carbocycles. The van der Waals surface area contributed by atoms with E-state index in [1.54, 1.807) is 12.1 Å². The quantitative estimate of drug-likeness (QED) is 0.521. The van der Waals surface area contributed by atoms with E-state index in [1.807, 2.05) is 0 Å². The van der Waals surface area contributed by atoms with Gasteiger partial charge in [0.1, 0.15) is 14.5 Å². The number of hydrogen-bond acceptors (Lipinski definition) is 4. The monoisotopic (exact) mass is 376 g/mol. The molecule has 0 amide bonds. The summed E-state index contributed by atoms with van der Waals surface area (Å²) in [5.74, 6) is -0.240. The molecule has 0 atom stereocenters. The van der Waals surface area contributed by atoms with Gasteiger partial charge in [0, 0.05) is 13.1 Å². The summed E-state index contributed by atoms with van der Waals surface area (Å²) in [5, 5.41) is 6.41. The summed E-state index contributed by atoms with van der Waals surface area (Å²) in [4.78, 5) is 0. The van der Waals surface area contributed by atoms with Crippen LogP contribution in [0.1, 0.15) is 36.8 Å². The third-order valence-corrected chi connectivity index (χ3v) is 5.74. The Hall–Kier alpha value is -0.370. The van der Waals surface area contributed by atoms with Crippen molar-refractivity contribution in [2.75, 3.05) is 13.1 Å². The molecular formula is C15H21FN2S4. The number of hydrogen-bond donors (Lipinski definition) is 2. The highest BCUT2D eigenvalue weighted by molar-refractivity contribution is 8.35. The molecule has 2 N–H and O–H groups in total. The Balaban J connectivity index is 2.73. The van der Waals surface area contributed by atoms with Crippen LogP contribution in [0.15, 0.2) is 24.3 Å². The third kappa shape index (κ3) is 7.76. The summed E-state index contributed by atoms with van der Waals surface area (Å²) in [6.45, 7) is 5.89. The molecule has 2 nitrogen and oxygen atoms in total. The van der Waals surface area contributed by atoms with E-state index in [0.717, 1.165) is 40.1 Å². The van der Waals surface area contributed by atoms with Crippen molar-refractivity contribution in [2.24, 2.45) is 0 Å². The highest BCUT2D eigenvalue weighted by Gasteiger charge is 2.17. The number of benzene rings is 1. The average Bonchev–Trinajstić information content (AvgIpc) is 2.51. The summed E-state index contributed by atoms with van der Waals surface area (Å²) in [6, 6.07) is 6.50. The maximum atomic E-state index is 13.1. The molecule has 122 valence electrons. The molecule has 0 bridgehead atoms. The molecule has 7 heteroatoms. The largest absolute Gasteiger partial charge is 0.371 e. The van der Waals surface area contributed by atoms with Gasteiger partial charge in [-0.1, -0.05) is 73.9 Å². The van der Waals surface area contributed by atoms with Crippen LogP contribution in [-0.2, 0) is 0 Å². The second-order valence-electron chi connectivity index (χ2n) is 4.55. The van der Waals surface area contributed by atoms with E-state index in [9.17, 15) is 4.39 Å². The van der Waals surface area contributed by atoms with Crippen molar-refractivity contribution < 1.29 is 4.39 Å². The van der Waals surface area contributed by atoms with Gasteiger partial charge in [-0.15, -0.1) is 0 Å². The average molecular weight is 377 g/mol. The van der Waals surface area contributed by atoms with Gasteiger partial charge in [-0.05, 0) is 30.5 Å². The Kier molecular flexibility index (Phi) is 10.0. The van der Waals surface area contributed by atoms with Crippen molar-refractivity contribution >= 4 is 56.6 Å². The molecule has 0 aliphatic carbocycles. The fraction of sp³-hybridized carbons (Fsp3) is 0.467. The summed E-state index contributed by atoms with van der Waals surface area (Å²) >= 11 is 13.8. The molecule has 0 aromatic heterocycles. The van der Waals surface area contributed by atoms with E-state index in [2.05, 4.69) is 24.5 Å². The first kappa shape index (κ1) is 19.7. The van der Waals surface area contributed by atoms with Crippen molar-refractivity contribution in [1.82, 2.24) is 10.6 Å². The van der Waals surface area contributed by atoms with Crippen LogP contribution in [0, 0.1) is 5.82 Å². The molecule has 1 aromatic rings. The Morgan fingerprint density at radius 1 is 1.00 bits per heavy atom. The highest BCUT2D eigenvalue weighted by atomic mass is 32.2. The lowest BCUT2D eigenvalue weighted by atomic mass is 10.2. The maximum absolute atomic E-state index is 13.1. The SMILES string of the molecule is CCCNC(=S)SC(SC(=S)NCCC)c1ccc(F)cc1. The van der Waals surface area contributed by atoms with Crippen LogP contribution in [0.4, 0.5) is 4.39 Å². The molecule has 0 aliphatic heterocycles. The molecule has 0 fully saturated rings. The van der Waals surface area contributed by atoms with Crippen molar-refractivity contribution in [3.8, 4) is 0 Å². The lowest BCUT2D eigenvalue weighted by Gasteiger charge is -2.18. The topological polar surface area (TPSA) is 24.1 Å². The normalized spacial score (nSPS) is 10.5. The van der Waals surface area contributed by atoms with E-state index >= 15 is 0 Å². The predicted molar refractivity (Wildman–Crippen MR) is 106 cm³/mol. The van der Waals surface area contributed by atoms with Crippen molar-refractivity contribution in [3.05, 3.63) is 35.6 Å². The van der Waals surface area contributed by atoms with Gasteiger partial charge in [-0.2, -0.15) is 0 Å². The minimum absolute atomic E-state index is 0.00862. The van der Waals surface area contributed by atoms with E-state index < -0.39 is 0 Å². The standard InChI is InChI=1S/C15H21FN2S4/c1-3-9-17-14(19)21-13(22-15(20)18-10-4-2)11-5-7-12(16)8-6-11/h5-8,13H,3-4,9-10H2,1-2H3,(H,17,19)(H,18,20). The summed E-state index contributed by atoms with van der Waals surface area (Å²) < 4.78 is 14.6. The molecule has 0 aliphatic rings. The van der Waals surface area contributed by atoms with E-state index in [-0.39, 0.29) is 10.4 Å². The number of thioether (sulfide) groups is 2. The fourth-order valence-corrected chi connectivity index (χ4v) is 4.77. The van der Waals surface area contributed by atoms with Gasteiger partial charge in [0.2, 0.25) is 0 Å². The zero-order chi connectivity index (χ0) is 16.4. The molecule has 0 heterocycles. The number of halogens is 1. The minimum atomic E-state index is -0.240. The Labute approximate surface area is 151 Å². The maximum Gasteiger partial charge on any atom is 0.135 e. The lowest BCUT2D eigenvalue weighted by molar-refractivity contribution is 0.627. The van der Waals surface area contributed by atoms with Gasteiger partial charge < -0.3 is 10.6 Å². The first-order valence-electron chi connectivity index (χ1n) is 7.21. The molecule has 1 rings (SSSR count). The van der Waals surface area contributed by atoms with E-state index in [1.165, 1.54) is 35.7 Å². The van der Waals surface area contributed by atoms with Crippen molar-refractivity contribution in [2.45, 2.75) is 31.3 Å². The van der Waals surface area contributed by atoms with Crippen molar-refractivity contribution in [1.29, 1.82) is 0 Å². The van der Waals surface area contributed by atoms with Gasteiger partial charge in [-0.3, -0.25) is 0 Å². The van der Waals surface area contributed by atoms with Crippen LogP contribution in [-0.4, -0.2) is 21.7 Å². The lowest BCUT2D eigenvalue weighted by Crippen LogP contribution is -2.22. The Bertz CT molecular complexity index is 457. The van der Waals surface area contributed by atoms with Gasteiger partial charge in [0.15, 0.2) is 0 Å². The van der Waals surface area contributed by atoms with E-state index in [4.69, 9.17) is 24.4 Å². The summed E-state index contributed by atoms with van der Waals surface area (Å²) in [7, 11) is 0. The van der Waals surface area contributed by atoms with Crippen LogP contribution in [0.3, 0.4) is 0 Å². The van der Waals surface area contributed by atoms with Crippen LogP contribution < -0.4 is 10.6 Å². The molecule has 0 saturated heterocycles. The van der Waals surface area contributed by atoms with Gasteiger partial charge in [0.05, 0.1) is 4.58 Å². The first-order valence-corrected chi connectivity index (χ1v) is 9.78. The van der Waals surface area contributed by atoms with Gasteiger partial charge in [0.25, 0.3) is 0 Å². The second-order valence-corrected chi connectivity index (χ2v) is 8.41. The van der Waals surface area contributed by atoms with Crippen LogP contribution in [0.5, 0.6) is 0 Å². The zero-order valence-electron chi connectivity index (χ0n) is 12.7. The molecular weight excluding hydrogens is 355 g/mol. The third-order valence-electron chi connectivity index (χ3n) is 2.61. The Morgan fingerprint density at radius 2 is 1.45 bits per heavy atom. The molecule has 0 saturated carbocycles. The van der Waals surface area contributed by atoms with Crippen LogP contribution >= 0.6 is 48.0 Å². The number of rotatable bonds is 7. The summed E-state index contributed by atoms with van der Waals surface area (Å²) in [6.07, 6.45) is 2.04. The van der Waals surface area contributed by atoms with Gasteiger partial charge in [-0.25, -0.2) is 4.39 Å². The first-order chi connectivity index (χ1) is 10.6. The smallest absolute Gasteiger partial charge is 0.135 e. The minimum Gasteiger partial charge on any atom is -0.371 e. The number of nitrogens with one attached hydrogen (secondary N) is 2. The van der Waals surface area contributed by atoms with Crippen molar-refractivity contribution in [3.63, 3.8) is 0 Å². The summed E-state index contributed by atoms with van der Waals surface area (Å²) in [5.41, 5.74) is 0.998. The fourth-order valence-electron chi connectivity index (χ4n) is 1.51. The Morgan fingerprint density at radius 3 is 1.86 bits per heavy atom. The highest BCUT2D eigenvalue weighted by Crippen LogP contribution is 2.40. The second kappa shape index (κ2) is 11.2. The molecule has 0 unspecified atom stereocenters. The zero-order valence-corrected chi connectivity index (χ0v) is 16.0. The van der Waals surface area contributed by atoms with Gasteiger partial charge >= 0.3 is 0 Å². The molecule has 0 spiro atoms. The van der Waals surface area contributed by atoms with E-state index in [0.29, 0.717) is 0 Å². The molecule has 22 heavy (non-hydrogen) atoms. The predicted octanol–water partition coefficient (Wildman–Crippen LogP) is 4.86. The number of thiocarbonyl (C=S) groups is 2. The van der Waals surface area contributed by atoms with Crippen LogP contribution in [0.25, 0.3) is 0 Å².